The number of ketones is 2. The summed E-state index contributed by atoms with van der Waals surface area (Å²) in [7, 11) is 2.10. The lowest BCUT2D eigenvalue weighted by Gasteiger charge is -2.29. The van der Waals surface area contributed by atoms with Gasteiger partial charge in [-0.2, -0.15) is 0 Å². The van der Waals surface area contributed by atoms with Gasteiger partial charge in [-0.3, -0.25) is 9.59 Å². The van der Waals surface area contributed by atoms with Crippen molar-refractivity contribution < 1.29 is 14.3 Å². The Morgan fingerprint density at radius 2 is 1.68 bits per heavy atom. The third kappa shape index (κ3) is 4.30. The van der Waals surface area contributed by atoms with E-state index in [2.05, 4.69) is 41.5 Å². The van der Waals surface area contributed by atoms with Crippen LogP contribution in [0.2, 0.25) is 0 Å². The molecule has 37 heavy (non-hydrogen) atoms. The van der Waals surface area contributed by atoms with Gasteiger partial charge in [0.25, 0.3) is 0 Å². The summed E-state index contributed by atoms with van der Waals surface area (Å²) in [6.07, 6.45) is 8.18. The Labute approximate surface area is 216 Å². The highest BCUT2D eigenvalue weighted by molar-refractivity contribution is 6.32. The van der Waals surface area contributed by atoms with E-state index in [1.165, 1.54) is 5.56 Å². The zero-order valence-electron chi connectivity index (χ0n) is 20.6. The third-order valence-electron chi connectivity index (χ3n) is 6.91. The number of benzene rings is 3. The van der Waals surface area contributed by atoms with Gasteiger partial charge in [0, 0.05) is 36.0 Å². The third-order valence-corrected chi connectivity index (χ3v) is 6.91. The molecule has 3 aromatic carbocycles. The first-order valence-electron chi connectivity index (χ1n) is 12.6. The molecule has 0 aromatic heterocycles. The fraction of sp³-hybridized carbons (Fsp3) is 0.194. The SMILES string of the molecule is CN(CCCNc1cc2c(c3c1C(=O)c1ccccc1C3=O)N=C1C=CC=CC1O2)Cc1ccccc1. The average molecular weight is 490 g/mol. The van der Waals surface area contributed by atoms with E-state index < -0.39 is 0 Å². The molecule has 0 amide bonds. The van der Waals surface area contributed by atoms with Crippen LogP contribution in [0.25, 0.3) is 0 Å². The number of anilines is 1. The normalized spacial score (nSPS) is 16.9. The van der Waals surface area contributed by atoms with Crippen LogP contribution in [0.5, 0.6) is 5.75 Å². The van der Waals surface area contributed by atoms with E-state index in [0.717, 1.165) is 25.2 Å². The Balaban J connectivity index is 1.29. The maximum absolute atomic E-state index is 13.7. The number of carbonyl (C=O) groups is 2. The van der Waals surface area contributed by atoms with Crippen molar-refractivity contribution in [3.63, 3.8) is 0 Å². The second kappa shape index (κ2) is 9.64. The van der Waals surface area contributed by atoms with Gasteiger partial charge in [-0.1, -0.05) is 66.7 Å². The molecule has 1 unspecified atom stereocenters. The van der Waals surface area contributed by atoms with Crippen molar-refractivity contribution in [2.24, 2.45) is 4.99 Å². The molecule has 3 aromatic rings. The average Bonchev–Trinajstić information content (AvgIpc) is 2.93. The van der Waals surface area contributed by atoms with Crippen LogP contribution in [0.3, 0.4) is 0 Å². The largest absolute Gasteiger partial charge is 0.478 e. The molecule has 0 fully saturated rings. The Morgan fingerprint density at radius 3 is 2.46 bits per heavy atom. The molecule has 6 heteroatoms. The molecule has 0 bridgehead atoms. The van der Waals surface area contributed by atoms with Gasteiger partial charge >= 0.3 is 0 Å². The van der Waals surface area contributed by atoms with Crippen LogP contribution < -0.4 is 10.1 Å². The second-order valence-corrected chi connectivity index (χ2v) is 9.55. The number of nitrogens with one attached hydrogen (secondary N) is 1. The van der Waals surface area contributed by atoms with E-state index >= 15 is 0 Å². The fourth-order valence-corrected chi connectivity index (χ4v) is 5.12. The molecule has 3 aliphatic rings. The lowest BCUT2D eigenvalue weighted by Crippen LogP contribution is -2.30. The number of aliphatic imine (C=N–C) groups is 1. The maximum Gasteiger partial charge on any atom is 0.196 e. The first-order chi connectivity index (χ1) is 18.1. The summed E-state index contributed by atoms with van der Waals surface area (Å²) < 4.78 is 6.24. The summed E-state index contributed by atoms with van der Waals surface area (Å²) in [6, 6.07) is 19.2. The minimum absolute atomic E-state index is 0.168. The van der Waals surface area contributed by atoms with Crippen molar-refractivity contribution in [3.05, 3.63) is 113 Å². The molecule has 6 rings (SSSR count). The Bertz CT molecular complexity index is 1490. The molecule has 6 nitrogen and oxygen atoms in total. The molecule has 184 valence electrons. The van der Waals surface area contributed by atoms with Crippen molar-refractivity contribution in [2.75, 3.05) is 25.5 Å². The van der Waals surface area contributed by atoms with Crippen molar-refractivity contribution in [1.82, 2.24) is 4.90 Å². The Kier molecular flexibility index (Phi) is 6.02. The zero-order valence-corrected chi connectivity index (χ0v) is 20.6. The zero-order chi connectivity index (χ0) is 25.4. The Hall–Kier alpha value is -4.29. The molecular formula is C31H27N3O3. The second-order valence-electron chi connectivity index (χ2n) is 9.55. The minimum atomic E-state index is -0.309. The van der Waals surface area contributed by atoms with Crippen LogP contribution in [0.1, 0.15) is 43.8 Å². The van der Waals surface area contributed by atoms with Crippen LogP contribution in [-0.2, 0) is 6.54 Å². The molecule has 2 aliphatic carbocycles. The van der Waals surface area contributed by atoms with Crippen LogP contribution >= 0.6 is 0 Å². The summed E-state index contributed by atoms with van der Waals surface area (Å²) in [5.41, 5.74) is 4.56. The van der Waals surface area contributed by atoms with Crippen molar-refractivity contribution >= 4 is 28.7 Å². The summed E-state index contributed by atoms with van der Waals surface area (Å²) in [5, 5.41) is 3.44. The topological polar surface area (TPSA) is 71.0 Å². The molecular weight excluding hydrogens is 462 g/mol. The van der Waals surface area contributed by atoms with Crippen LogP contribution in [0.15, 0.2) is 90.0 Å². The molecule has 1 atom stereocenters. The van der Waals surface area contributed by atoms with Gasteiger partial charge < -0.3 is 15.0 Å². The van der Waals surface area contributed by atoms with Crippen molar-refractivity contribution in [2.45, 2.75) is 19.1 Å². The molecule has 1 N–H and O–H groups in total. The van der Waals surface area contributed by atoms with Crippen LogP contribution in [0, 0.1) is 0 Å². The number of fused-ring (bicyclic) bond motifs is 5. The van der Waals surface area contributed by atoms with E-state index in [-0.39, 0.29) is 17.7 Å². The smallest absolute Gasteiger partial charge is 0.196 e. The molecule has 1 aliphatic heterocycles. The van der Waals surface area contributed by atoms with E-state index in [1.54, 1.807) is 24.3 Å². The highest BCUT2D eigenvalue weighted by atomic mass is 16.5. The number of hydrogen-bond acceptors (Lipinski definition) is 6. The van der Waals surface area contributed by atoms with E-state index in [1.807, 2.05) is 36.4 Å². The standard InChI is InChI=1S/C31H27N3O3/c1-34(19-20-10-3-2-4-11-20)17-9-16-32-24-18-26-29(33-23-14-7-8-15-25(23)37-26)28-27(24)30(35)21-12-5-6-13-22(21)31(28)36/h2-8,10-15,18,25,32H,9,16-17,19H2,1H3. The van der Waals surface area contributed by atoms with Gasteiger partial charge in [-0.25, -0.2) is 4.99 Å². The van der Waals surface area contributed by atoms with Gasteiger partial charge in [0.05, 0.1) is 16.8 Å². The van der Waals surface area contributed by atoms with Crippen molar-refractivity contribution in [3.8, 4) is 5.75 Å². The Morgan fingerprint density at radius 1 is 0.946 bits per heavy atom. The highest BCUT2D eigenvalue weighted by Gasteiger charge is 2.37. The predicted molar refractivity (Wildman–Crippen MR) is 145 cm³/mol. The van der Waals surface area contributed by atoms with E-state index in [0.29, 0.717) is 45.9 Å². The quantitative estimate of drug-likeness (QED) is 0.354. The van der Waals surface area contributed by atoms with Gasteiger partial charge in [0.15, 0.2) is 17.7 Å². The number of hydrogen-bond donors (Lipinski definition) is 1. The first kappa shape index (κ1) is 23.1. The van der Waals surface area contributed by atoms with E-state index in [4.69, 9.17) is 9.73 Å². The molecule has 0 radical (unpaired) electrons. The minimum Gasteiger partial charge on any atom is -0.478 e. The molecule has 0 spiro atoms. The monoisotopic (exact) mass is 489 g/mol. The summed E-state index contributed by atoms with van der Waals surface area (Å²) in [4.78, 5) is 34.4. The molecule has 0 saturated carbocycles. The number of nitrogens with zero attached hydrogens (tertiary/aromatic N) is 2. The lowest BCUT2D eigenvalue weighted by atomic mass is 9.81. The van der Waals surface area contributed by atoms with Crippen molar-refractivity contribution in [1.29, 1.82) is 0 Å². The summed E-state index contributed by atoms with van der Waals surface area (Å²) in [5.74, 6) is 0.143. The van der Waals surface area contributed by atoms with Crippen LogP contribution in [0.4, 0.5) is 11.4 Å². The summed E-state index contributed by atoms with van der Waals surface area (Å²) >= 11 is 0. The van der Waals surface area contributed by atoms with E-state index in [9.17, 15) is 9.59 Å². The summed E-state index contributed by atoms with van der Waals surface area (Å²) in [6.45, 7) is 2.40. The molecule has 1 heterocycles. The van der Waals surface area contributed by atoms with Gasteiger partial charge in [0.1, 0.15) is 11.4 Å². The van der Waals surface area contributed by atoms with Gasteiger partial charge in [-0.15, -0.1) is 0 Å². The lowest BCUT2D eigenvalue weighted by molar-refractivity contribution is 0.0979. The number of rotatable bonds is 7. The first-order valence-corrected chi connectivity index (χ1v) is 12.6. The van der Waals surface area contributed by atoms with Gasteiger partial charge in [0.2, 0.25) is 0 Å². The number of ether oxygens (including phenoxy) is 1. The predicted octanol–water partition coefficient (Wildman–Crippen LogP) is 5.36. The van der Waals surface area contributed by atoms with Gasteiger partial charge in [-0.05, 0) is 37.7 Å². The maximum atomic E-state index is 13.7. The highest BCUT2D eigenvalue weighted by Crippen LogP contribution is 2.46. The fourth-order valence-electron chi connectivity index (χ4n) is 5.12. The van der Waals surface area contributed by atoms with Crippen LogP contribution in [-0.4, -0.2) is 48.4 Å². The molecule has 0 saturated heterocycles. The number of carbonyl (C=O) groups excluding carboxylic acids is 2. The number of allylic oxidation sites excluding steroid dienone is 2.